The molecule has 5 heteroatoms. The van der Waals surface area contributed by atoms with Gasteiger partial charge < -0.3 is 4.74 Å². The van der Waals surface area contributed by atoms with E-state index < -0.39 is 0 Å². The average Bonchev–Trinajstić information content (AvgIpc) is 2.20. The lowest BCUT2D eigenvalue weighted by molar-refractivity contribution is -0.141. The molecular formula is C10H16ClNO2S. The minimum Gasteiger partial charge on any atom is -0.469 e. The van der Waals surface area contributed by atoms with Crippen molar-refractivity contribution in [2.24, 2.45) is 0 Å². The number of hydrogen-bond acceptors (Lipinski definition) is 4. The van der Waals surface area contributed by atoms with Crippen LogP contribution in [-0.2, 0) is 9.53 Å². The van der Waals surface area contributed by atoms with Crippen LogP contribution in [-0.4, -0.2) is 48.6 Å². The number of esters is 1. The zero-order valence-corrected chi connectivity index (χ0v) is 10.4. The number of carbonyl (C=O) groups excluding carboxylic acids is 1. The summed E-state index contributed by atoms with van der Waals surface area (Å²) in [5, 5.41) is 0.622. The van der Waals surface area contributed by atoms with Crippen molar-refractivity contribution >= 4 is 29.3 Å². The summed E-state index contributed by atoms with van der Waals surface area (Å²) in [6.07, 6.45) is 0.438. The molecule has 0 amide bonds. The highest BCUT2D eigenvalue weighted by Gasteiger charge is 2.25. The Kier molecular flexibility index (Phi) is 5.50. The number of methoxy groups -OCH3 is 1. The fourth-order valence-corrected chi connectivity index (χ4v) is 2.87. The molecule has 1 fully saturated rings. The molecule has 1 rings (SSSR count). The molecule has 0 aromatic rings. The number of halogens is 1. The number of nitrogens with zero attached hydrogens (tertiary/aromatic N) is 1. The number of hydrogen-bond donors (Lipinski definition) is 0. The molecule has 0 aromatic heterocycles. The Bertz CT molecular complexity index is 248. The highest BCUT2D eigenvalue weighted by atomic mass is 35.5. The monoisotopic (exact) mass is 249 g/mol. The number of rotatable bonds is 4. The third-order valence-electron chi connectivity index (χ3n) is 2.35. The van der Waals surface area contributed by atoms with Gasteiger partial charge in [-0.05, 0) is 0 Å². The van der Waals surface area contributed by atoms with E-state index in [1.165, 1.54) is 7.11 Å². The van der Waals surface area contributed by atoms with Gasteiger partial charge in [0.15, 0.2) is 0 Å². The SMILES string of the molecule is C=C(Cl)CN1CCSC[C@@H]1CC(=O)OC. The molecule has 0 spiro atoms. The first kappa shape index (κ1) is 12.9. The van der Waals surface area contributed by atoms with E-state index in [9.17, 15) is 4.79 Å². The maximum atomic E-state index is 11.2. The zero-order chi connectivity index (χ0) is 11.3. The summed E-state index contributed by atoms with van der Waals surface area (Å²) in [6.45, 7) is 5.30. The van der Waals surface area contributed by atoms with E-state index in [1.54, 1.807) is 0 Å². The van der Waals surface area contributed by atoms with Gasteiger partial charge in [-0.3, -0.25) is 9.69 Å². The minimum absolute atomic E-state index is 0.160. The second-order valence-electron chi connectivity index (χ2n) is 3.50. The molecule has 0 N–H and O–H groups in total. The van der Waals surface area contributed by atoms with Crippen molar-refractivity contribution in [3.8, 4) is 0 Å². The fraction of sp³-hybridized carbons (Fsp3) is 0.700. The van der Waals surface area contributed by atoms with E-state index in [0.717, 1.165) is 18.1 Å². The van der Waals surface area contributed by atoms with Crippen molar-refractivity contribution in [3.05, 3.63) is 11.6 Å². The van der Waals surface area contributed by atoms with Gasteiger partial charge in [0.1, 0.15) is 0 Å². The van der Waals surface area contributed by atoms with Gasteiger partial charge in [-0.1, -0.05) is 18.2 Å². The molecule has 0 unspecified atom stereocenters. The Morgan fingerprint density at radius 3 is 3.07 bits per heavy atom. The third-order valence-corrected chi connectivity index (χ3v) is 3.57. The lowest BCUT2D eigenvalue weighted by Crippen LogP contribution is -2.44. The Morgan fingerprint density at radius 2 is 2.47 bits per heavy atom. The number of carbonyl (C=O) groups is 1. The van der Waals surface area contributed by atoms with Crippen molar-refractivity contribution in [2.75, 3.05) is 31.7 Å². The van der Waals surface area contributed by atoms with Crippen LogP contribution in [0.3, 0.4) is 0 Å². The molecule has 1 aliphatic rings. The third kappa shape index (κ3) is 4.45. The van der Waals surface area contributed by atoms with Crippen molar-refractivity contribution in [1.29, 1.82) is 0 Å². The molecule has 1 aliphatic heterocycles. The molecule has 0 aromatic carbocycles. The van der Waals surface area contributed by atoms with Crippen molar-refractivity contribution in [3.63, 3.8) is 0 Å². The van der Waals surface area contributed by atoms with Crippen molar-refractivity contribution < 1.29 is 9.53 Å². The van der Waals surface area contributed by atoms with Crippen LogP contribution in [0.15, 0.2) is 11.6 Å². The second-order valence-corrected chi connectivity index (χ2v) is 5.18. The van der Waals surface area contributed by atoms with Gasteiger partial charge in [0.2, 0.25) is 0 Å². The van der Waals surface area contributed by atoms with Crippen LogP contribution in [0.1, 0.15) is 6.42 Å². The maximum Gasteiger partial charge on any atom is 0.307 e. The molecule has 0 radical (unpaired) electrons. The van der Waals surface area contributed by atoms with Crippen molar-refractivity contribution in [1.82, 2.24) is 4.90 Å². The molecule has 0 aliphatic carbocycles. The van der Waals surface area contributed by atoms with Crippen LogP contribution >= 0.6 is 23.4 Å². The Labute approximate surface area is 99.8 Å². The van der Waals surface area contributed by atoms with Gasteiger partial charge in [-0.25, -0.2) is 0 Å². The standard InChI is InChI=1S/C10H16ClNO2S/c1-8(11)6-12-3-4-15-7-9(12)5-10(13)14-2/h9H,1,3-7H2,2H3/t9-/m0/s1. The normalized spacial score (nSPS) is 22.4. The Morgan fingerprint density at radius 1 is 1.73 bits per heavy atom. The minimum atomic E-state index is -0.160. The Hall–Kier alpha value is -0.190. The summed E-state index contributed by atoms with van der Waals surface area (Å²) in [5.41, 5.74) is 0. The van der Waals surface area contributed by atoms with Crippen LogP contribution in [0.2, 0.25) is 0 Å². The first-order chi connectivity index (χ1) is 7.13. The van der Waals surface area contributed by atoms with E-state index in [2.05, 4.69) is 16.2 Å². The van der Waals surface area contributed by atoms with Gasteiger partial charge >= 0.3 is 5.97 Å². The molecule has 0 saturated carbocycles. The molecule has 1 saturated heterocycles. The fourth-order valence-electron chi connectivity index (χ4n) is 1.58. The van der Waals surface area contributed by atoms with Gasteiger partial charge in [0.25, 0.3) is 0 Å². The molecular weight excluding hydrogens is 234 g/mol. The van der Waals surface area contributed by atoms with Crippen LogP contribution in [0, 0.1) is 0 Å². The predicted molar refractivity (Wildman–Crippen MR) is 64.3 cm³/mol. The summed E-state index contributed by atoms with van der Waals surface area (Å²) < 4.78 is 4.68. The predicted octanol–water partition coefficient (Wildman–Crippen LogP) is 1.72. The molecule has 1 atom stereocenters. The van der Waals surface area contributed by atoms with E-state index >= 15 is 0 Å². The lowest BCUT2D eigenvalue weighted by atomic mass is 10.2. The lowest BCUT2D eigenvalue weighted by Gasteiger charge is -2.34. The van der Waals surface area contributed by atoms with Crippen LogP contribution in [0.4, 0.5) is 0 Å². The van der Waals surface area contributed by atoms with Gasteiger partial charge in [-0.15, -0.1) is 0 Å². The van der Waals surface area contributed by atoms with Crippen LogP contribution in [0.25, 0.3) is 0 Å². The molecule has 1 heterocycles. The summed E-state index contributed by atoms with van der Waals surface area (Å²) in [7, 11) is 1.42. The first-order valence-corrected chi connectivity index (χ1v) is 6.38. The van der Waals surface area contributed by atoms with E-state index in [1.807, 2.05) is 11.8 Å². The molecule has 0 bridgehead atoms. The zero-order valence-electron chi connectivity index (χ0n) is 8.87. The first-order valence-electron chi connectivity index (χ1n) is 4.85. The molecule has 86 valence electrons. The van der Waals surface area contributed by atoms with E-state index in [-0.39, 0.29) is 12.0 Å². The van der Waals surface area contributed by atoms with Gasteiger partial charge in [0.05, 0.1) is 13.5 Å². The van der Waals surface area contributed by atoms with Crippen LogP contribution in [0.5, 0.6) is 0 Å². The number of thioether (sulfide) groups is 1. The Balaban J connectivity index is 2.49. The van der Waals surface area contributed by atoms with Crippen LogP contribution < -0.4 is 0 Å². The summed E-state index contributed by atoms with van der Waals surface area (Å²) in [6, 6.07) is 0.228. The summed E-state index contributed by atoms with van der Waals surface area (Å²) in [5.74, 6) is 1.88. The van der Waals surface area contributed by atoms with E-state index in [0.29, 0.717) is 18.0 Å². The number of ether oxygens (including phenoxy) is 1. The smallest absolute Gasteiger partial charge is 0.307 e. The highest BCUT2D eigenvalue weighted by Crippen LogP contribution is 2.20. The van der Waals surface area contributed by atoms with Crippen molar-refractivity contribution in [2.45, 2.75) is 12.5 Å². The second kappa shape index (κ2) is 6.40. The molecule has 3 nitrogen and oxygen atoms in total. The molecule has 15 heavy (non-hydrogen) atoms. The van der Waals surface area contributed by atoms with Gasteiger partial charge in [0, 0.05) is 35.7 Å². The topological polar surface area (TPSA) is 29.5 Å². The average molecular weight is 250 g/mol. The van der Waals surface area contributed by atoms with Gasteiger partial charge in [-0.2, -0.15) is 11.8 Å². The quantitative estimate of drug-likeness (QED) is 0.710. The van der Waals surface area contributed by atoms with E-state index in [4.69, 9.17) is 11.6 Å². The largest absolute Gasteiger partial charge is 0.469 e. The summed E-state index contributed by atoms with van der Waals surface area (Å²) >= 11 is 7.65. The maximum absolute atomic E-state index is 11.2. The highest BCUT2D eigenvalue weighted by molar-refractivity contribution is 7.99. The summed E-state index contributed by atoms with van der Waals surface area (Å²) in [4.78, 5) is 13.4.